The number of carbonyl (C=O) groups excluding carboxylic acids is 1. The van der Waals surface area contributed by atoms with Crippen LogP contribution in [0.5, 0.6) is 0 Å². The van der Waals surface area contributed by atoms with Crippen LogP contribution in [0.2, 0.25) is 0 Å². The molecule has 0 aliphatic rings. The largest absolute Gasteiger partial charge is 0.463 e. The first kappa shape index (κ1) is 42.6. The van der Waals surface area contributed by atoms with Gasteiger partial charge in [0.05, 0.1) is 13.2 Å². The van der Waals surface area contributed by atoms with Gasteiger partial charge < -0.3 is 14.2 Å². The van der Waals surface area contributed by atoms with Gasteiger partial charge >= 0.3 is 5.97 Å². The molecule has 4 heteroatoms. The van der Waals surface area contributed by atoms with Crippen molar-refractivity contribution in [2.24, 2.45) is 0 Å². The lowest BCUT2D eigenvalue weighted by Crippen LogP contribution is -2.27. The SMILES string of the molecule is CCCCCCCCCCCCCCCCO[C@@H](COCc1ccccc1)COC(=O)CCCCCCCCCCCCCCC. The molecule has 1 aromatic rings. The third kappa shape index (κ3) is 30.0. The second kappa shape index (κ2) is 34.9. The molecule has 268 valence electrons. The second-order valence-corrected chi connectivity index (χ2v) is 13.8. The zero-order chi connectivity index (χ0) is 33.0. The topological polar surface area (TPSA) is 44.8 Å². The lowest BCUT2D eigenvalue weighted by Gasteiger charge is -2.18. The Morgan fingerprint density at radius 2 is 0.935 bits per heavy atom. The molecule has 0 saturated heterocycles. The van der Waals surface area contributed by atoms with Gasteiger partial charge in [-0.3, -0.25) is 4.79 Å². The summed E-state index contributed by atoms with van der Waals surface area (Å²) in [6.45, 7) is 6.54. The summed E-state index contributed by atoms with van der Waals surface area (Å²) in [5.41, 5.74) is 1.15. The molecule has 0 amide bonds. The monoisotopic (exact) mass is 645 g/mol. The van der Waals surface area contributed by atoms with Gasteiger partial charge in [-0.15, -0.1) is 0 Å². The van der Waals surface area contributed by atoms with Crippen LogP contribution in [0.3, 0.4) is 0 Å². The van der Waals surface area contributed by atoms with E-state index in [1.807, 2.05) is 18.2 Å². The number of esters is 1. The number of hydrogen-bond acceptors (Lipinski definition) is 4. The Kier molecular flexibility index (Phi) is 32.4. The summed E-state index contributed by atoms with van der Waals surface area (Å²) in [4.78, 5) is 12.4. The van der Waals surface area contributed by atoms with Crippen molar-refractivity contribution in [1.82, 2.24) is 0 Å². The molecule has 1 atom stereocenters. The fourth-order valence-corrected chi connectivity index (χ4v) is 6.12. The summed E-state index contributed by atoms with van der Waals surface area (Å²) in [7, 11) is 0. The Morgan fingerprint density at radius 1 is 0.522 bits per heavy atom. The van der Waals surface area contributed by atoms with Gasteiger partial charge in [0.2, 0.25) is 0 Å². The zero-order valence-electron chi connectivity index (χ0n) is 30.7. The number of hydrogen-bond donors (Lipinski definition) is 0. The highest BCUT2D eigenvalue weighted by Crippen LogP contribution is 2.15. The van der Waals surface area contributed by atoms with Crippen molar-refractivity contribution >= 4 is 5.97 Å². The number of benzene rings is 1. The van der Waals surface area contributed by atoms with Crippen LogP contribution >= 0.6 is 0 Å². The molecule has 1 rings (SSSR count). The highest BCUT2D eigenvalue weighted by Gasteiger charge is 2.13. The maximum atomic E-state index is 12.4. The summed E-state index contributed by atoms with van der Waals surface area (Å²) < 4.78 is 17.8. The van der Waals surface area contributed by atoms with Crippen molar-refractivity contribution in [3.63, 3.8) is 0 Å². The molecule has 0 spiro atoms. The van der Waals surface area contributed by atoms with Gasteiger partial charge in [-0.25, -0.2) is 0 Å². The van der Waals surface area contributed by atoms with Crippen LogP contribution in [0, 0.1) is 0 Å². The van der Waals surface area contributed by atoms with Gasteiger partial charge in [0, 0.05) is 13.0 Å². The first-order valence-corrected chi connectivity index (χ1v) is 20.1. The Hall–Kier alpha value is -1.39. The van der Waals surface area contributed by atoms with Crippen molar-refractivity contribution in [3.05, 3.63) is 35.9 Å². The minimum atomic E-state index is -0.207. The van der Waals surface area contributed by atoms with Crippen molar-refractivity contribution in [1.29, 1.82) is 0 Å². The van der Waals surface area contributed by atoms with E-state index in [1.165, 1.54) is 154 Å². The molecule has 0 bridgehead atoms. The van der Waals surface area contributed by atoms with E-state index < -0.39 is 0 Å². The molecule has 0 heterocycles. The molecular weight excluding hydrogens is 568 g/mol. The Bertz CT molecular complexity index is 736. The molecule has 0 aliphatic carbocycles. The van der Waals surface area contributed by atoms with Crippen LogP contribution in [-0.4, -0.2) is 31.9 Å². The number of rotatable bonds is 36. The van der Waals surface area contributed by atoms with E-state index in [-0.39, 0.29) is 18.7 Å². The standard InChI is InChI=1S/C42H76O4/c1-3-5-7-9-11-13-15-17-19-21-23-25-27-32-36-45-41(38-44-37-40-33-29-28-30-34-40)39-46-42(43)35-31-26-24-22-20-18-16-14-12-10-8-6-4-2/h28-30,33-34,41H,3-27,31-32,35-39H2,1-2H3/t41-/m0/s1. The molecule has 4 nitrogen and oxygen atoms in total. The first-order valence-electron chi connectivity index (χ1n) is 20.1. The van der Waals surface area contributed by atoms with Crippen LogP contribution < -0.4 is 0 Å². The molecule has 0 aliphatic heterocycles. The summed E-state index contributed by atoms with van der Waals surface area (Å²) in [6, 6.07) is 10.2. The van der Waals surface area contributed by atoms with E-state index in [0.717, 1.165) is 24.8 Å². The second-order valence-electron chi connectivity index (χ2n) is 13.8. The maximum absolute atomic E-state index is 12.4. The molecule has 46 heavy (non-hydrogen) atoms. The molecule has 0 saturated carbocycles. The average molecular weight is 645 g/mol. The summed E-state index contributed by atoms with van der Waals surface area (Å²) in [5, 5.41) is 0. The third-order valence-electron chi connectivity index (χ3n) is 9.18. The lowest BCUT2D eigenvalue weighted by atomic mass is 10.0. The highest BCUT2D eigenvalue weighted by atomic mass is 16.6. The van der Waals surface area contributed by atoms with Crippen LogP contribution in [-0.2, 0) is 25.6 Å². The van der Waals surface area contributed by atoms with Crippen LogP contribution in [0.1, 0.15) is 199 Å². The molecule has 0 N–H and O–H groups in total. The van der Waals surface area contributed by atoms with E-state index in [2.05, 4.69) is 26.0 Å². The molecule has 0 fully saturated rings. The smallest absolute Gasteiger partial charge is 0.305 e. The van der Waals surface area contributed by atoms with Gasteiger partial charge in [-0.05, 0) is 18.4 Å². The van der Waals surface area contributed by atoms with E-state index in [9.17, 15) is 4.79 Å². The van der Waals surface area contributed by atoms with Gasteiger partial charge in [0.25, 0.3) is 0 Å². The minimum absolute atomic E-state index is 0.101. The predicted octanol–water partition coefficient (Wildman–Crippen LogP) is 13.1. The molecule has 0 radical (unpaired) electrons. The van der Waals surface area contributed by atoms with Gasteiger partial charge in [0.1, 0.15) is 12.7 Å². The third-order valence-corrected chi connectivity index (χ3v) is 9.18. The van der Waals surface area contributed by atoms with Crippen LogP contribution in [0.15, 0.2) is 30.3 Å². The lowest BCUT2D eigenvalue weighted by molar-refractivity contribution is -0.150. The van der Waals surface area contributed by atoms with Crippen molar-refractivity contribution in [2.45, 2.75) is 206 Å². The maximum Gasteiger partial charge on any atom is 0.305 e. The van der Waals surface area contributed by atoms with E-state index in [1.54, 1.807) is 0 Å². The normalized spacial score (nSPS) is 12.0. The summed E-state index contributed by atoms with van der Waals surface area (Å²) in [5.74, 6) is -0.101. The van der Waals surface area contributed by atoms with Gasteiger partial charge in [-0.2, -0.15) is 0 Å². The predicted molar refractivity (Wildman–Crippen MR) is 197 cm³/mol. The van der Waals surface area contributed by atoms with E-state index >= 15 is 0 Å². The molecule has 0 aromatic heterocycles. The Balaban J connectivity index is 2.10. The fourth-order valence-electron chi connectivity index (χ4n) is 6.12. The van der Waals surface area contributed by atoms with E-state index in [4.69, 9.17) is 14.2 Å². The van der Waals surface area contributed by atoms with Crippen LogP contribution in [0.4, 0.5) is 0 Å². The van der Waals surface area contributed by atoms with Gasteiger partial charge in [-0.1, -0.05) is 205 Å². The van der Waals surface area contributed by atoms with Crippen LogP contribution in [0.25, 0.3) is 0 Å². The Morgan fingerprint density at radius 3 is 1.39 bits per heavy atom. The quantitative estimate of drug-likeness (QED) is 0.0538. The van der Waals surface area contributed by atoms with Crippen molar-refractivity contribution < 1.29 is 19.0 Å². The fraction of sp³-hybridized carbons (Fsp3) is 0.833. The minimum Gasteiger partial charge on any atom is -0.463 e. The highest BCUT2D eigenvalue weighted by molar-refractivity contribution is 5.69. The molecule has 0 unspecified atom stereocenters. The molecule has 1 aromatic carbocycles. The summed E-state index contributed by atoms with van der Waals surface area (Å²) >= 11 is 0. The number of unbranched alkanes of at least 4 members (excludes halogenated alkanes) is 25. The summed E-state index contributed by atoms with van der Waals surface area (Å²) in [6.07, 6.45) is 36.2. The average Bonchev–Trinajstić information content (AvgIpc) is 3.07. The van der Waals surface area contributed by atoms with Crippen molar-refractivity contribution in [2.75, 3.05) is 19.8 Å². The number of ether oxygens (including phenoxy) is 3. The Labute approximate surface area is 286 Å². The van der Waals surface area contributed by atoms with Crippen molar-refractivity contribution in [3.8, 4) is 0 Å². The molecular formula is C42H76O4. The number of carbonyl (C=O) groups is 1. The van der Waals surface area contributed by atoms with Gasteiger partial charge in [0.15, 0.2) is 0 Å². The zero-order valence-corrected chi connectivity index (χ0v) is 30.7. The van der Waals surface area contributed by atoms with E-state index in [0.29, 0.717) is 26.2 Å². The first-order chi connectivity index (χ1) is 22.8.